The number of ketones is 1. The van der Waals surface area contributed by atoms with Crippen molar-refractivity contribution in [3.8, 4) is 5.75 Å². The molecule has 3 heterocycles. The van der Waals surface area contributed by atoms with E-state index < -0.39 is 0 Å². The maximum atomic E-state index is 11.5. The maximum Gasteiger partial charge on any atom is 0.143 e. The fourth-order valence-electron chi connectivity index (χ4n) is 5.35. The Labute approximate surface area is 252 Å². The van der Waals surface area contributed by atoms with Crippen molar-refractivity contribution in [2.75, 3.05) is 26.7 Å². The summed E-state index contributed by atoms with van der Waals surface area (Å²) in [5.41, 5.74) is 4.33. The van der Waals surface area contributed by atoms with Gasteiger partial charge in [0.15, 0.2) is 0 Å². The smallest absolute Gasteiger partial charge is 0.143 e. The van der Waals surface area contributed by atoms with Gasteiger partial charge in [-0.3, -0.25) is 14.7 Å². The first-order chi connectivity index (χ1) is 19.6. The highest BCUT2D eigenvalue weighted by Gasteiger charge is 2.33. The van der Waals surface area contributed by atoms with E-state index in [9.17, 15) is 4.79 Å². The zero-order chi connectivity index (χ0) is 30.7. The monoisotopic (exact) mass is 567 g/mol. The SMILES string of the molecule is CCCC(C)(C)NC.CCCC1CC(c2ccc3c(c2)CCO3)CN1CC(C)=O.CCCCC.Cc1cccnc1. The van der Waals surface area contributed by atoms with E-state index in [2.05, 4.69) is 74.9 Å². The van der Waals surface area contributed by atoms with Crippen LogP contribution in [0, 0.1) is 6.92 Å². The Hall–Kier alpha value is -2.24. The molecule has 4 rings (SSSR count). The van der Waals surface area contributed by atoms with Crippen LogP contribution in [0.4, 0.5) is 0 Å². The molecule has 41 heavy (non-hydrogen) atoms. The number of rotatable bonds is 10. The number of aromatic nitrogens is 1. The molecule has 2 aromatic rings. The van der Waals surface area contributed by atoms with E-state index in [-0.39, 0.29) is 5.78 Å². The first kappa shape index (κ1) is 36.8. The molecule has 2 aliphatic rings. The molecule has 0 aliphatic carbocycles. The molecule has 0 spiro atoms. The summed E-state index contributed by atoms with van der Waals surface area (Å²) in [7, 11) is 2.01. The number of Topliss-reactive ketones (excluding diaryl/α,β-unsaturated/α-hetero) is 1. The van der Waals surface area contributed by atoms with Gasteiger partial charge in [-0.1, -0.05) is 78.0 Å². The summed E-state index contributed by atoms with van der Waals surface area (Å²) in [5.74, 6) is 1.90. The molecule has 5 nitrogen and oxygen atoms in total. The quantitative estimate of drug-likeness (QED) is 0.312. The topological polar surface area (TPSA) is 54.5 Å². The van der Waals surface area contributed by atoms with Crippen molar-refractivity contribution >= 4 is 5.78 Å². The number of hydrogen-bond acceptors (Lipinski definition) is 5. The number of carbonyl (C=O) groups is 1. The summed E-state index contributed by atoms with van der Waals surface area (Å²) >= 11 is 0. The lowest BCUT2D eigenvalue weighted by Crippen LogP contribution is -2.35. The van der Waals surface area contributed by atoms with Gasteiger partial charge in [0, 0.05) is 36.9 Å². The molecule has 0 saturated carbocycles. The van der Waals surface area contributed by atoms with Crippen molar-refractivity contribution < 1.29 is 9.53 Å². The minimum absolute atomic E-state index is 0.277. The maximum absolute atomic E-state index is 11.5. The van der Waals surface area contributed by atoms with Crippen molar-refractivity contribution in [2.45, 2.75) is 131 Å². The van der Waals surface area contributed by atoms with Crippen LogP contribution in [-0.4, -0.2) is 54.0 Å². The zero-order valence-electron chi connectivity index (χ0n) is 27.9. The van der Waals surface area contributed by atoms with E-state index >= 15 is 0 Å². The third kappa shape index (κ3) is 15.0. The minimum atomic E-state index is 0.277. The molecule has 2 aliphatic heterocycles. The van der Waals surface area contributed by atoms with E-state index in [1.54, 1.807) is 13.1 Å². The molecule has 1 fully saturated rings. The molecular formula is C36H61N3O2. The molecule has 0 radical (unpaired) electrons. The first-order valence-corrected chi connectivity index (χ1v) is 16.1. The Balaban J connectivity index is 0.000000344. The molecule has 1 aromatic heterocycles. The number of carbonyl (C=O) groups excluding carboxylic acids is 1. The van der Waals surface area contributed by atoms with Gasteiger partial charge in [0.25, 0.3) is 0 Å². The van der Waals surface area contributed by atoms with Crippen LogP contribution in [0.5, 0.6) is 5.75 Å². The highest BCUT2D eigenvalue weighted by atomic mass is 16.5. The number of unbranched alkanes of at least 4 members (excludes halogenated alkanes) is 2. The summed E-state index contributed by atoms with van der Waals surface area (Å²) in [4.78, 5) is 17.8. The average molecular weight is 568 g/mol. The van der Waals surface area contributed by atoms with Gasteiger partial charge in [-0.25, -0.2) is 0 Å². The molecule has 1 N–H and O–H groups in total. The van der Waals surface area contributed by atoms with Crippen molar-refractivity contribution in [1.29, 1.82) is 0 Å². The molecule has 2 atom stereocenters. The highest BCUT2D eigenvalue weighted by molar-refractivity contribution is 5.77. The number of hydrogen-bond donors (Lipinski definition) is 1. The van der Waals surface area contributed by atoms with Crippen molar-refractivity contribution in [3.63, 3.8) is 0 Å². The number of benzene rings is 1. The number of fused-ring (bicyclic) bond motifs is 1. The number of aryl methyl sites for hydroxylation is 1. The lowest BCUT2D eigenvalue weighted by Gasteiger charge is -2.22. The third-order valence-electron chi connectivity index (χ3n) is 7.83. The van der Waals surface area contributed by atoms with Crippen LogP contribution in [0.25, 0.3) is 0 Å². The second-order valence-corrected chi connectivity index (χ2v) is 12.2. The van der Waals surface area contributed by atoms with Gasteiger partial charge in [0.1, 0.15) is 11.5 Å². The van der Waals surface area contributed by atoms with Crippen molar-refractivity contribution in [1.82, 2.24) is 15.2 Å². The molecular weight excluding hydrogens is 506 g/mol. The van der Waals surface area contributed by atoms with Gasteiger partial charge >= 0.3 is 0 Å². The van der Waals surface area contributed by atoms with Gasteiger partial charge < -0.3 is 10.1 Å². The van der Waals surface area contributed by atoms with Crippen LogP contribution < -0.4 is 10.1 Å². The second-order valence-electron chi connectivity index (χ2n) is 12.2. The number of pyridine rings is 1. The molecule has 1 saturated heterocycles. The normalized spacial score (nSPS) is 17.6. The second kappa shape index (κ2) is 20.6. The first-order valence-electron chi connectivity index (χ1n) is 16.1. The van der Waals surface area contributed by atoms with E-state index in [4.69, 9.17) is 4.74 Å². The summed E-state index contributed by atoms with van der Waals surface area (Å²) < 4.78 is 5.59. The largest absolute Gasteiger partial charge is 0.493 e. The van der Waals surface area contributed by atoms with Gasteiger partial charge in [0.05, 0.1) is 13.2 Å². The number of likely N-dealkylation sites (tertiary alicyclic amines) is 1. The average Bonchev–Trinajstić information content (AvgIpc) is 3.57. The molecule has 1 aromatic carbocycles. The number of ether oxygens (including phenoxy) is 1. The Morgan fingerprint density at radius 1 is 1.10 bits per heavy atom. The van der Waals surface area contributed by atoms with Crippen LogP contribution in [0.2, 0.25) is 0 Å². The summed E-state index contributed by atoms with van der Waals surface area (Å²) in [6.07, 6.45) is 14.8. The Bertz CT molecular complexity index is 959. The predicted octanol–water partition coefficient (Wildman–Crippen LogP) is 8.54. The van der Waals surface area contributed by atoms with Gasteiger partial charge in [-0.05, 0) is 88.7 Å². The lowest BCUT2D eigenvalue weighted by atomic mass is 9.93. The highest BCUT2D eigenvalue weighted by Crippen LogP contribution is 2.36. The van der Waals surface area contributed by atoms with E-state index in [0.717, 1.165) is 25.3 Å². The molecule has 232 valence electrons. The molecule has 2 unspecified atom stereocenters. The van der Waals surface area contributed by atoms with Crippen LogP contribution in [0.3, 0.4) is 0 Å². The molecule has 5 heteroatoms. The van der Waals surface area contributed by atoms with Crippen LogP contribution >= 0.6 is 0 Å². The Morgan fingerprint density at radius 2 is 1.83 bits per heavy atom. The lowest BCUT2D eigenvalue weighted by molar-refractivity contribution is -0.118. The van der Waals surface area contributed by atoms with E-state index in [1.165, 1.54) is 68.1 Å². The number of nitrogens with zero attached hydrogens (tertiary/aromatic N) is 2. The van der Waals surface area contributed by atoms with Crippen molar-refractivity contribution in [3.05, 3.63) is 59.4 Å². The fraction of sp³-hybridized carbons (Fsp3) is 0.667. The van der Waals surface area contributed by atoms with E-state index in [0.29, 0.717) is 24.0 Å². The number of nitrogens with one attached hydrogen (secondary N) is 1. The summed E-state index contributed by atoms with van der Waals surface area (Å²) in [6, 6.07) is 11.2. The van der Waals surface area contributed by atoms with Crippen LogP contribution in [-0.2, 0) is 11.2 Å². The summed E-state index contributed by atoms with van der Waals surface area (Å²) in [5, 5.41) is 3.24. The zero-order valence-corrected chi connectivity index (χ0v) is 27.9. The fourth-order valence-corrected chi connectivity index (χ4v) is 5.35. The van der Waals surface area contributed by atoms with Crippen molar-refractivity contribution in [2.24, 2.45) is 0 Å². The van der Waals surface area contributed by atoms with Crippen LogP contribution in [0.15, 0.2) is 42.7 Å². The van der Waals surface area contributed by atoms with Gasteiger partial charge in [-0.15, -0.1) is 0 Å². The van der Waals surface area contributed by atoms with E-state index in [1.807, 2.05) is 32.3 Å². The van der Waals surface area contributed by atoms with Gasteiger partial charge in [0.2, 0.25) is 0 Å². The Kier molecular flexibility index (Phi) is 18.5. The summed E-state index contributed by atoms with van der Waals surface area (Å²) in [6.45, 7) is 19.5. The minimum Gasteiger partial charge on any atom is -0.493 e. The third-order valence-corrected chi connectivity index (χ3v) is 7.83. The molecule has 0 amide bonds. The molecule has 0 bridgehead atoms. The van der Waals surface area contributed by atoms with Crippen LogP contribution in [0.1, 0.15) is 122 Å². The van der Waals surface area contributed by atoms with Gasteiger partial charge in [-0.2, -0.15) is 0 Å². The Morgan fingerprint density at radius 3 is 2.29 bits per heavy atom. The standard InChI is InChI=1S/C18H25NO2.C7H17N.C6H7N.C5H12/c1-3-4-17-10-16(12-19(17)11-13(2)20)14-5-6-18-15(9-14)7-8-21-18;1-5-6-7(2,3)8-4;1-6-3-2-4-7-5-6;1-3-5-4-2/h5-6,9,16-17H,3-4,7-8,10-12H2,1-2H3;8H,5-6H2,1-4H3;2-5H,1H3;3-5H2,1-2H3. The predicted molar refractivity (Wildman–Crippen MR) is 176 cm³/mol.